The molecule has 13 heavy (non-hydrogen) atoms. The maximum absolute atomic E-state index is 11.7. The van der Waals surface area contributed by atoms with Crippen LogP contribution in [0.25, 0.3) is 0 Å². The Morgan fingerprint density at radius 3 is 2.08 bits per heavy atom. The highest BCUT2D eigenvalue weighted by molar-refractivity contribution is 7.51. The van der Waals surface area contributed by atoms with Crippen LogP contribution in [-0.2, 0) is 13.6 Å². The van der Waals surface area contributed by atoms with E-state index in [1.165, 1.54) is 0 Å². The van der Waals surface area contributed by atoms with Gasteiger partial charge in [0.1, 0.15) is 0 Å². The molecule has 0 aliphatic rings. The fourth-order valence-electron chi connectivity index (χ4n) is 0.861. The van der Waals surface area contributed by atoms with Gasteiger partial charge in [-0.25, -0.2) is 9.65 Å². The van der Waals surface area contributed by atoms with E-state index in [0.29, 0.717) is 19.8 Å². The Balaban J connectivity index is 3.85. The van der Waals surface area contributed by atoms with Gasteiger partial charge in [-0.05, 0) is 20.3 Å². The zero-order chi connectivity index (χ0) is 10.2. The van der Waals surface area contributed by atoms with Crippen molar-refractivity contribution in [2.45, 2.75) is 33.6 Å². The fraction of sp³-hybridized carbons (Fsp3) is 1.00. The van der Waals surface area contributed by atoms with Gasteiger partial charge in [0.05, 0.1) is 13.2 Å². The molecule has 0 aromatic heterocycles. The molecule has 0 saturated carbocycles. The topological polar surface area (TPSA) is 47.6 Å². The first-order valence-electron chi connectivity index (χ1n) is 4.82. The Morgan fingerprint density at radius 2 is 1.69 bits per heavy atom. The van der Waals surface area contributed by atoms with Crippen LogP contribution in [-0.4, -0.2) is 19.8 Å². The second-order valence-corrected chi connectivity index (χ2v) is 4.42. The maximum atomic E-state index is 11.7. The summed E-state index contributed by atoms with van der Waals surface area (Å²) < 4.78 is 21.8. The summed E-state index contributed by atoms with van der Waals surface area (Å²) in [5.41, 5.74) is 0. The highest BCUT2D eigenvalue weighted by Crippen LogP contribution is 2.43. The molecule has 0 rings (SSSR count). The van der Waals surface area contributed by atoms with Crippen molar-refractivity contribution in [3.63, 3.8) is 0 Å². The van der Waals surface area contributed by atoms with Gasteiger partial charge in [0.25, 0.3) is 0 Å². The number of hydrogen-bond acceptors (Lipinski definition) is 3. The van der Waals surface area contributed by atoms with Gasteiger partial charge in [-0.15, -0.1) is 0 Å². The maximum Gasteiger partial charge on any atom is 0.405 e. The van der Waals surface area contributed by atoms with Gasteiger partial charge in [0.15, 0.2) is 0 Å². The third-order valence-corrected chi connectivity index (χ3v) is 3.24. The second-order valence-electron chi connectivity index (χ2n) is 2.59. The van der Waals surface area contributed by atoms with Crippen molar-refractivity contribution in [1.82, 2.24) is 5.09 Å². The van der Waals surface area contributed by atoms with Crippen molar-refractivity contribution in [3.8, 4) is 0 Å². The van der Waals surface area contributed by atoms with Crippen LogP contribution in [0.15, 0.2) is 0 Å². The minimum absolute atomic E-state index is 0.399. The van der Waals surface area contributed by atoms with Crippen molar-refractivity contribution in [2.24, 2.45) is 0 Å². The normalized spacial score (nSPS) is 11.9. The molecular weight excluding hydrogens is 189 g/mol. The van der Waals surface area contributed by atoms with E-state index in [-0.39, 0.29) is 0 Å². The first-order chi connectivity index (χ1) is 6.18. The first-order valence-corrected chi connectivity index (χ1v) is 6.37. The number of hydrogen-bond donors (Lipinski definition) is 1. The van der Waals surface area contributed by atoms with Crippen molar-refractivity contribution in [1.29, 1.82) is 0 Å². The number of unbranched alkanes of at least 4 members (excludes halogenated alkanes) is 1. The molecule has 0 atom stereocenters. The molecule has 0 bridgehead atoms. The van der Waals surface area contributed by atoms with Crippen LogP contribution in [0, 0.1) is 0 Å². The van der Waals surface area contributed by atoms with E-state index in [9.17, 15) is 4.57 Å². The molecule has 5 heteroatoms. The lowest BCUT2D eigenvalue weighted by Gasteiger charge is -2.17. The predicted octanol–water partition coefficient (Wildman–Crippen LogP) is 2.56. The molecule has 0 aliphatic heterocycles. The standard InChI is InChI=1S/C8H20NO3P/c1-4-7-8-9-13(10,11-5-2)12-6-3/h4-8H2,1-3H3,(H,9,10). The van der Waals surface area contributed by atoms with Crippen LogP contribution < -0.4 is 5.09 Å². The number of rotatable bonds is 8. The molecule has 0 unspecified atom stereocenters. The van der Waals surface area contributed by atoms with E-state index >= 15 is 0 Å². The predicted molar refractivity (Wildman–Crippen MR) is 53.8 cm³/mol. The molecule has 0 aromatic rings. The average molecular weight is 209 g/mol. The third-order valence-electron chi connectivity index (χ3n) is 1.43. The molecular formula is C8H20NO3P. The van der Waals surface area contributed by atoms with Crippen molar-refractivity contribution < 1.29 is 13.6 Å². The van der Waals surface area contributed by atoms with Crippen LogP contribution in [0.1, 0.15) is 33.6 Å². The molecule has 0 amide bonds. The summed E-state index contributed by atoms with van der Waals surface area (Å²) in [6.45, 7) is 7.15. The van der Waals surface area contributed by atoms with Gasteiger partial charge < -0.3 is 0 Å². The second kappa shape index (κ2) is 7.51. The van der Waals surface area contributed by atoms with E-state index in [1.54, 1.807) is 13.8 Å². The summed E-state index contributed by atoms with van der Waals surface area (Å²) in [5.74, 6) is 0. The fourth-order valence-corrected chi connectivity index (χ4v) is 2.23. The highest BCUT2D eigenvalue weighted by Gasteiger charge is 2.21. The van der Waals surface area contributed by atoms with Crippen LogP contribution >= 0.6 is 7.75 Å². The molecule has 4 nitrogen and oxygen atoms in total. The van der Waals surface area contributed by atoms with Gasteiger partial charge in [-0.3, -0.25) is 9.05 Å². The van der Waals surface area contributed by atoms with Crippen LogP contribution in [0.5, 0.6) is 0 Å². The first kappa shape index (κ1) is 13.1. The minimum Gasteiger partial charge on any atom is -0.297 e. The van der Waals surface area contributed by atoms with Gasteiger partial charge >= 0.3 is 7.75 Å². The Hall–Kier alpha value is 0.110. The SMILES string of the molecule is CCCCNP(=O)(OCC)OCC. The van der Waals surface area contributed by atoms with Gasteiger partial charge in [-0.1, -0.05) is 13.3 Å². The average Bonchev–Trinajstić information content (AvgIpc) is 2.05. The summed E-state index contributed by atoms with van der Waals surface area (Å²) in [6, 6.07) is 0. The molecule has 0 spiro atoms. The summed E-state index contributed by atoms with van der Waals surface area (Å²) in [4.78, 5) is 0. The zero-order valence-electron chi connectivity index (χ0n) is 8.71. The Bertz CT molecular complexity index is 153. The van der Waals surface area contributed by atoms with Crippen molar-refractivity contribution >= 4 is 7.75 Å². The molecule has 0 aliphatic carbocycles. The third kappa shape index (κ3) is 6.22. The summed E-state index contributed by atoms with van der Waals surface area (Å²) in [5, 5.41) is 2.81. The Morgan fingerprint density at radius 1 is 1.15 bits per heavy atom. The number of nitrogens with one attached hydrogen (secondary N) is 1. The van der Waals surface area contributed by atoms with E-state index in [4.69, 9.17) is 9.05 Å². The molecule has 0 fully saturated rings. The molecule has 0 aromatic carbocycles. The molecule has 0 radical (unpaired) electrons. The zero-order valence-corrected chi connectivity index (χ0v) is 9.60. The Kier molecular flexibility index (Phi) is 7.57. The molecule has 80 valence electrons. The molecule has 0 saturated heterocycles. The largest absolute Gasteiger partial charge is 0.405 e. The quantitative estimate of drug-likeness (QED) is 0.493. The van der Waals surface area contributed by atoms with E-state index in [2.05, 4.69) is 12.0 Å². The van der Waals surface area contributed by atoms with Crippen LogP contribution in [0.4, 0.5) is 0 Å². The summed E-state index contributed by atoms with van der Waals surface area (Å²) >= 11 is 0. The van der Waals surface area contributed by atoms with Gasteiger partial charge in [0, 0.05) is 6.54 Å². The minimum atomic E-state index is -3.00. The Labute approximate surface area is 80.6 Å². The van der Waals surface area contributed by atoms with E-state index in [0.717, 1.165) is 12.8 Å². The van der Waals surface area contributed by atoms with E-state index in [1.807, 2.05) is 0 Å². The molecule has 1 N–H and O–H groups in total. The van der Waals surface area contributed by atoms with Crippen molar-refractivity contribution in [2.75, 3.05) is 19.8 Å². The summed E-state index contributed by atoms with van der Waals surface area (Å²) in [6.07, 6.45) is 2.04. The van der Waals surface area contributed by atoms with Crippen LogP contribution in [0.2, 0.25) is 0 Å². The molecule has 0 heterocycles. The lowest BCUT2D eigenvalue weighted by molar-refractivity contribution is 0.210. The highest BCUT2D eigenvalue weighted by atomic mass is 31.2. The lowest BCUT2D eigenvalue weighted by atomic mass is 10.3. The van der Waals surface area contributed by atoms with E-state index < -0.39 is 7.75 Å². The van der Waals surface area contributed by atoms with Gasteiger partial charge in [-0.2, -0.15) is 0 Å². The smallest absolute Gasteiger partial charge is 0.297 e. The van der Waals surface area contributed by atoms with Gasteiger partial charge in [0.2, 0.25) is 0 Å². The van der Waals surface area contributed by atoms with Crippen molar-refractivity contribution in [3.05, 3.63) is 0 Å². The lowest BCUT2D eigenvalue weighted by Crippen LogP contribution is -2.16. The van der Waals surface area contributed by atoms with Crippen LogP contribution in [0.3, 0.4) is 0 Å². The monoisotopic (exact) mass is 209 g/mol. The summed E-state index contributed by atoms with van der Waals surface area (Å²) in [7, 11) is -3.00.